The summed E-state index contributed by atoms with van der Waals surface area (Å²) in [5, 5.41) is 8.94. The van der Waals surface area contributed by atoms with Crippen molar-refractivity contribution in [2.45, 2.75) is 84.0 Å². The largest absolute Gasteiger partial charge is 0.493 e. The van der Waals surface area contributed by atoms with Gasteiger partial charge in [-0.25, -0.2) is 4.98 Å². The molecule has 4 nitrogen and oxygen atoms in total. The molecule has 2 aromatic rings. The van der Waals surface area contributed by atoms with E-state index in [0.717, 1.165) is 50.0 Å². The number of pyridine rings is 1. The van der Waals surface area contributed by atoms with Crippen LogP contribution in [0, 0.1) is 11.8 Å². The van der Waals surface area contributed by atoms with Crippen LogP contribution in [0.4, 0.5) is 0 Å². The van der Waals surface area contributed by atoms with Gasteiger partial charge in [0.05, 0.1) is 13.0 Å². The summed E-state index contributed by atoms with van der Waals surface area (Å²) in [4.78, 5) is 15.2. The van der Waals surface area contributed by atoms with Gasteiger partial charge in [-0.15, -0.1) is 0 Å². The Morgan fingerprint density at radius 3 is 2.59 bits per heavy atom. The minimum absolute atomic E-state index is 0.0242. The van der Waals surface area contributed by atoms with Gasteiger partial charge in [0, 0.05) is 22.7 Å². The number of aliphatic carboxylic acids is 1. The number of carboxylic acid groups (broad SMARTS) is 1. The van der Waals surface area contributed by atoms with E-state index in [-0.39, 0.29) is 11.8 Å². The number of carboxylic acids is 1. The molecule has 32 heavy (non-hydrogen) atoms. The maximum Gasteiger partial charge on any atom is 0.307 e. The SMILES string of the molecule is CCCCCCc1cc2c(cc1C#Cc1ccc(CC(=O)O)cn1)C(CC)(CC)CCO2. The fraction of sp³-hybridized carbons (Fsp3) is 0.500. The highest BCUT2D eigenvalue weighted by molar-refractivity contribution is 5.70. The standard InChI is InChI=1S/C28H35NO3/c1-4-7-8-9-10-22-19-26-25(28(5-2,6-3)15-16-32-26)18-23(22)12-14-24-13-11-21(20-29-24)17-27(30)31/h11,13,18-20H,4-10,15-17H2,1-3H3,(H,30,31). The number of benzene rings is 1. The summed E-state index contributed by atoms with van der Waals surface area (Å²) >= 11 is 0. The Morgan fingerprint density at radius 1 is 1.12 bits per heavy atom. The first-order valence-electron chi connectivity index (χ1n) is 12.0. The fourth-order valence-corrected chi connectivity index (χ4v) is 4.61. The maximum absolute atomic E-state index is 10.9. The average Bonchev–Trinajstić information content (AvgIpc) is 2.80. The molecule has 0 bridgehead atoms. The van der Waals surface area contributed by atoms with Crippen molar-refractivity contribution in [2.24, 2.45) is 0 Å². The topological polar surface area (TPSA) is 59.4 Å². The lowest BCUT2D eigenvalue weighted by atomic mass is 9.71. The van der Waals surface area contributed by atoms with Gasteiger partial charge in [0.1, 0.15) is 11.4 Å². The van der Waals surface area contributed by atoms with Crippen LogP contribution in [0.3, 0.4) is 0 Å². The van der Waals surface area contributed by atoms with Crippen LogP contribution < -0.4 is 4.74 Å². The Hall–Kier alpha value is -2.80. The first-order chi connectivity index (χ1) is 15.5. The quantitative estimate of drug-likeness (QED) is 0.385. The van der Waals surface area contributed by atoms with Gasteiger partial charge in [0.2, 0.25) is 0 Å². The first-order valence-corrected chi connectivity index (χ1v) is 12.0. The van der Waals surface area contributed by atoms with Gasteiger partial charge in [-0.1, -0.05) is 52.0 Å². The highest BCUT2D eigenvalue weighted by atomic mass is 16.5. The average molecular weight is 434 g/mol. The Bertz CT molecular complexity index is 978. The molecule has 1 aliphatic rings. The predicted octanol–water partition coefficient (Wildman–Crippen LogP) is 6.07. The molecular weight excluding hydrogens is 398 g/mol. The minimum Gasteiger partial charge on any atom is -0.493 e. The number of hydrogen-bond acceptors (Lipinski definition) is 3. The number of unbranched alkanes of at least 4 members (excludes halogenated alkanes) is 3. The second-order valence-corrected chi connectivity index (χ2v) is 8.77. The molecule has 0 saturated heterocycles. The van der Waals surface area contributed by atoms with Crippen molar-refractivity contribution in [3.63, 3.8) is 0 Å². The summed E-state index contributed by atoms with van der Waals surface area (Å²) in [5.74, 6) is 6.76. The van der Waals surface area contributed by atoms with Crippen molar-refractivity contribution in [1.82, 2.24) is 4.98 Å². The van der Waals surface area contributed by atoms with Crippen LogP contribution in [0.2, 0.25) is 0 Å². The number of nitrogens with zero attached hydrogens (tertiary/aromatic N) is 1. The fourth-order valence-electron chi connectivity index (χ4n) is 4.61. The van der Waals surface area contributed by atoms with E-state index in [9.17, 15) is 4.79 Å². The maximum atomic E-state index is 10.9. The van der Waals surface area contributed by atoms with E-state index in [1.54, 1.807) is 18.3 Å². The van der Waals surface area contributed by atoms with Crippen LogP contribution in [-0.4, -0.2) is 22.7 Å². The molecule has 1 N–H and O–H groups in total. The van der Waals surface area contributed by atoms with Crippen LogP contribution in [0.1, 0.15) is 93.7 Å². The van der Waals surface area contributed by atoms with Crippen LogP contribution >= 0.6 is 0 Å². The molecule has 3 rings (SSSR count). The number of rotatable bonds is 9. The van der Waals surface area contributed by atoms with Crippen molar-refractivity contribution >= 4 is 5.97 Å². The van der Waals surface area contributed by atoms with Crippen LogP contribution in [0.5, 0.6) is 5.75 Å². The smallest absolute Gasteiger partial charge is 0.307 e. The molecule has 0 unspecified atom stereocenters. The van der Waals surface area contributed by atoms with Crippen molar-refractivity contribution in [1.29, 1.82) is 0 Å². The monoisotopic (exact) mass is 433 g/mol. The number of carbonyl (C=O) groups is 1. The molecule has 0 saturated carbocycles. The second-order valence-electron chi connectivity index (χ2n) is 8.77. The van der Waals surface area contributed by atoms with Crippen LogP contribution in [-0.2, 0) is 23.1 Å². The van der Waals surface area contributed by atoms with Gasteiger partial charge < -0.3 is 9.84 Å². The Morgan fingerprint density at radius 2 is 1.94 bits per heavy atom. The molecule has 170 valence electrons. The van der Waals surface area contributed by atoms with Gasteiger partial charge in [-0.3, -0.25) is 4.79 Å². The molecule has 1 aromatic heterocycles. The summed E-state index contributed by atoms with van der Waals surface area (Å²) < 4.78 is 6.10. The zero-order valence-electron chi connectivity index (χ0n) is 19.7. The lowest BCUT2D eigenvalue weighted by Crippen LogP contribution is -2.32. The minimum atomic E-state index is -0.857. The predicted molar refractivity (Wildman–Crippen MR) is 128 cm³/mol. The highest BCUT2D eigenvalue weighted by Crippen LogP contribution is 2.44. The normalized spacial score (nSPS) is 14.1. The molecule has 0 radical (unpaired) electrons. The molecular formula is C28H35NO3. The first kappa shape index (κ1) is 23.9. The molecule has 0 amide bonds. The zero-order valence-corrected chi connectivity index (χ0v) is 19.7. The van der Waals surface area contributed by atoms with Crippen molar-refractivity contribution in [3.05, 3.63) is 58.4 Å². The summed E-state index contributed by atoms with van der Waals surface area (Å²) in [6.45, 7) is 7.55. The summed E-state index contributed by atoms with van der Waals surface area (Å²) in [7, 11) is 0. The summed E-state index contributed by atoms with van der Waals surface area (Å²) in [6, 6.07) is 8.09. The lowest BCUT2D eigenvalue weighted by Gasteiger charge is -2.38. The molecule has 0 aliphatic carbocycles. The second kappa shape index (κ2) is 11.2. The van der Waals surface area contributed by atoms with E-state index >= 15 is 0 Å². The number of fused-ring (bicyclic) bond motifs is 1. The van der Waals surface area contributed by atoms with Gasteiger partial charge in [0.15, 0.2) is 0 Å². The molecule has 2 heterocycles. The Kier molecular flexibility index (Phi) is 8.33. The highest BCUT2D eigenvalue weighted by Gasteiger charge is 2.35. The summed E-state index contributed by atoms with van der Waals surface area (Å²) in [6.07, 6.45) is 10.7. The van der Waals surface area contributed by atoms with E-state index in [2.05, 4.69) is 49.7 Å². The van der Waals surface area contributed by atoms with E-state index < -0.39 is 5.97 Å². The molecule has 0 fully saturated rings. The molecule has 4 heteroatoms. The third-order valence-electron chi connectivity index (χ3n) is 6.77. The molecule has 1 aromatic carbocycles. The van der Waals surface area contributed by atoms with Crippen molar-refractivity contribution in [2.75, 3.05) is 6.61 Å². The van der Waals surface area contributed by atoms with Crippen LogP contribution in [0.15, 0.2) is 30.5 Å². The van der Waals surface area contributed by atoms with E-state index in [1.165, 1.54) is 30.4 Å². The Labute approximate surface area is 192 Å². The van der Waals surface area contributed by atoms with E-state index in [1.807, 2.05) is 0 Å². The summed E-state index contributed by atoms with van der Waals surface area (Å²) in [5.41, 5.74) is 5.09. The third kappa shape index (κ3) is 5.71. The van der Waals surface area contributed by atoms with Gasteiger partial charge >= 0.3 is 5.97 Å². The van der Waals surface area contributed by atoms with Gasteiger partial charge in [-0.2, -0.15) is 0 Å². The molecule has 0 spiro atoms. The lowest BCUT2D eigenvalue weighted by molar-refractivity contribution is -0.136. The number of aryl methyl sites for hydroxylation is 1. The van der Waals surface area contributed by atoms with Gasteiger partial charge in [-0.05, 0) is 67.4 Å². The Balaban J connectivity index is 1.95. The number of ether oxygens (including phenoxy) is 1. The molecule has 1 aliphatic heterocycles. The van der Waals surface area contributed by atoms with E-state index in [4.69, 9.17) is 9.84 Å². The van der Waals surface area contributed by atoms with Gasteiger partial charge in [0.25, 0.3) is 0 Å². The number of aromatic nitrogens is 1. The molecule has 0 atom stereocenters. The van der Waals surface area contributed by atoms with E-state index in [0.29, 0.717) is 11.3 Å². The number of hydrogen-bond donors (Lipinski definition) is 1. The van der Waals surface area contributed by atoms with Crippen molar-refractivity contribution in [3.8, 4) is 17.6 Å². The van der Waals surface area contributed by atoms with Crippen LogP contribution in [0.25, 0.3) is 0 Å². The zero-order chi connectivity index (χ0) is 23.0. The third-order valence-corrected chi connectivity index (χ3v) is 6.77. The van der Waals surface area contributed by atoms with Crippen molar-refractivity contribution < 1.29 is 14.6 Å².